The number of aromatic nitrogens is 3. The fourth-order valence-corrected chi connectivity index (χ4v) is 4.43. The number of nitrogens with zero attached hydrogens (tertiary/aromatic N) is 3. The Morgan fingerprint density at radius 3 is 2.73 bits per heavy atom. The van der Waals surface area contributed by atoms with Crippen molar-refractivity contribution in [3.8, 4) is 5.75 Å². The minimum Gasteiger partial charge on any atom is -0.496 e. The van der Waals surface area contributed by atoms with Gasteiger partial charge >= 0.3 is 0 Å². The van der Waals surface area contributed by atoms with Gasteiger partial charge in [0.25, 0.3) is 11.5 Å². The van der Waals surface area contributed by atoms with E-state index in [9.17, 15) is 9.59 Å². The molecule has 0 unspecified atom stereocenters. The van der Waals surface area contributed by atoms with E-state index >= 15 is 0 Å². The molecule has 1 aromatic carbocycles. The smallest absolute Gasteiger partial charge is 0.274 e. The zero-order valence-electron chi connectivity index (χ0n) is 19.4. The van der Waals surface area contributed by atoms with E-state index < -0.39 is 5.91 Å². The van der Waals surface area contributed by atoms with Gasteiger partial charge in [-0.1, -0.05) is 0 Å². The van der Waals surface area contributed by atoms with Crippen molar-refractivity contribution in [2.24, 2.45) is 7.05 Å². The molecule has 2 aromatic heterocycles. The van der Waals surface area contributed by atoms with E-state index in [1.165, 1.54) is 11.7 Å². The standard InChI is InChI=1S/C24H32N6O3/c1-25-10-11-26-17-6-8-18(9-7-17)30-15-16-13-19(22(33-3)14-21(16)28-30)23(31)27-20-5-4-12-29(2)24(20)32/h4-5,12-15,17-18,25-26H,6-11H2,1-3H3,(H,27,31)/t17-,18-. The quantitative estimate of drug-likeness (QED) is 0.453. The molecule has 1 fully saturated rings. The number of nitrogens with one attached hydrogen (secondary N) is 3. The van der Waals surface area contributed by atoms with E-state index in [2.05, 4.69) is 16.0 Å². The summed E-state index contributed by atoms with van der Waals surface area (Å²) in [6.07, 6.45) is 8.01. The highest BCUT2D eigenvalue weighted by Gasteiger charge is 2.24. The number of hydrogen-bond acceptors (Lipinski definition) is 6. The average Bonchev–Trinajstić information content (AvgIpc) is 3.25. The number of pyridine rings is 1. The van der Waals surface area contributed by atoms with Crippen molar-refractivity contribution in [1.82, 2.24) is 25.0 Å². The van der Waals surface area contributed by atoms with E-state index in [0.29, 0.717) is 23.4 Å². The Morgan fingerprint density at radius 1 is 1.21 bits per heavy atom. The van der Waals surface area contributed by atoms with E-state index in [0.717, 1.165) is 49.7 Å². The van der Waals surface area contributed by atoms with Crippen LogP contribution in [0, 0.1) is 0 Å². The summed E-state index contributed by atoms with van der Waals surface area (Å²) in [6.45, 7) is 1.96. The fraction of sp³-hybridized carbons (Fsp3) is 0.458. The van der Waals surface area contributed by atoms with Gasteiger partial charge in [-0.15, -0.1) is 0 Å². The maximum atomic E-state index is 13.0. The van der Waals surface area contributed by atoms with Crippen LogP contribution in [0.15, 0.2) is 41.5 Å². The number of aryl methyl sites for hydroxylation is 1. The summed E-state index contributed by atoms with van der Waals surface area (Å²) in [6, 6.07) is 7.77. The average molecular weight is 453 g/mol. The van der Waals surface area contributed by atoms with Crippen molar-refractivity contribution in [2.75, 3.05) is 32.6 Å². The summed E-state index contributed by atoms with van der Waals surface area (Å²) in [5.41, 5.74) is 1.11. The van der Waals surface area contributed by atoms with Crippen molar-refractivity contribution in [3.05, 3.63) is 52.6 Å². The van der Waals surface area contributed by atoms with Crippen LogP contribution in [0.5, 0.6) is 5.75 Å². The molecular weight excluding hydrogens is 420 g/mol. The molecule has 0 saturated heterocycles. The molecule has 176 valence electrons. The molecule has 3 aromatic rings. The molecule has 0 atom stereocenters. The van der Waals surface area contributed by atoms with Crippen molar-refractivity contribution in [2.45, 2.75) is 37.8 Å². The summed E-state index contributed by atoms with van der Waals surface area (Å²) in [5.74, 6) is 0.0356. The van der Waals surface area contributed by atoms with E-state index in [1.54, 1.807) is 37.5 Å². The zero-order chi connectivity index (χ0) is 23.4. The normalized spacial score (nSPS) is 18.4. The first-order chi connectivity index (χ1) is 16.0. The van der Waals surface area contributed by atoms with Crippen LogP contribution in [-0.2, 0) is 7.05 Å². The first-order valence-electron chi connectivity index (χ1n) is 11.4. The second-order valence-electron chi connectivity index (χ2n) is 8.58. The molecular formula is C24H32N6O3. The maximum absolute atomic E-state index is 13.0. The summed E-state index contributed by atoms with van der Waals surface area (Å²) in [5, 5.41) is 15.1. The molecule has 2 heterocycles. The Balaban J connectivity index is 1.51. The summed E-state index contributed by atoms with van der Waals surface area (Å²) in [7, 11) is 5.14. The Bertz CT molecular complexity index is 1180. The minimum absolute atomic E-state index is 0.225. The highest BCUT2D eigenvalue weighted by Crippen LogP contribution is 2.31. The highest BCUT2D eigenvalue weighted by atomic mass is 16.5. The number of rotatable bonds is 8. The lowest BCUT2D eigenvalue weighted by atomic mass is 9.91. The van der Waals surface area contributed by atoms with Gasteiger partial charge in [-0.05, 0) is 50.9 Å². The predicted octanol–water partition coefficient (Wildman–Crippen LogP) is 2.29. The molecule has 4 rings (SSSR count). The molecule has 0 radical (unpaired) electrons. The second-order valence-corrected chi connectivity index (χ2v) is 8.58. The maximum Gasteiger partial charge on any atom is 0.274 e. The van der Waals surface area contributed by atoms with Crippen LogP contribution in [0.2, 0.25) is 0 Å². The zero-order valence-corrected chi connectivity index (χ0v) is 19.4. The van der Waals surface area contributed by atoms with Gasteiger partial charge in [-0.3, -0.25) is 14.3 Å². The van der Waals surface area contributed by atoms with Gasteiger partial charge in [0.15, 0.2) is 0 Å². The molecule has 0 aliphatic heterocycles. The molecule has 3 N–H and O–H groups in total. The Labute approximate surface area is 193 Å². The Kier molecular flexibility index (Phi) is 7.10. The molecule has 9 heteroatoms. The Morgan fingerprint density at radius 2 is 2.00 bits per heavy atom. The summed E-state index contributed by atoms with van der Waals surface area (Å²) < 4.78 is 8.93. The molecule has 9 nitrogen and oxygen atoms in total. The summed E-state index contributed by atoms with van der Waals surface area (Å²) >= 11 is 0. The van der Waals surface area contributed by atoms with Crippen LogP contribution < -0.4 is 26.2 Å². The number of carbonyl (C=O) groups is 1. The lowest BCUT2D eigenvalue weighted by Gasteiger charge is -2.29. The molecule has 0 bridgehead atoms. The monoisotopic (exact) mass is 452 g/mol. The third kappa shape index (κ3) is 5.09. The topological polar surface area (TPSA) is 102 Å². The third-order valence-corrected chi connectivity index (χ3v) is 6.34. The largest absolute Gasteiger partial charge is 0.496 e. The first kappa shape index (κ1) is 23.0. The van der Waals surface area contributed by atoms with Crippen LogP contribution >= 0.6 is 0 Å². The Hall–Kier alpha value is -3.17. The third-order valence-electron chi connectivity index (χ3n) is 6.34. The van der Waals surface area contributed by atoms with Gasteiger partial charge < -0.3 is 25.3 Å². The number of hydrogen-bond donors (Lipinski definition) is 3. The van der Waals surface area contributed by atoms with Crippen LogP contribution in [0.25, 0.3) is 10.9 Å². The van der Waals surface area contributed by atoms with Crippen LogP contribution in [0.3, 0.4) is 0 Å². The number of carbonyl (C=O) groups excluding carboxylic acids is 1. The second kappa shape index (κ2) is 10.2. The van der Waals surface area contributed by atoms with Crippen molar-refractivity contribution in [3.63, 3.8) is 0 Å². The molecule has 1 aliphatic carbocycles. The number of likely N-dealkylation sites (N-methyl/N-ethyl adjacent to an activating group) is 1. The number of methoxy groups -OCH3 is 1. The van der Waals surface area contributed by atoms with E-state index in [-0.39, 0.29) is 11.2 Å². The van der Waals surface area contributed by atoms with Gasteiger partial charge in [-0.2, -0.15) is 5.10 Å². The number of fused-ring (bicyclic) bond motifs is 1. The summed E-state index contributed by atoms with van der Waals surface area (Å²) in [4.78, 5) is 25.2. The fourth-order valence-electron chi connectivity index (χ4n) is 4.43. The number of ether oxygens (including phenoxy) is 1. The van der Waals surface area contributed by atoms with Gasteiger partial charge in [0.1, 0.15) is 11.4 Å². The van der Waals surface area contributed by atoms with Crippen LogP contribution in [-0.4, -0.2) is 53.5 Å². The first-order valence-corrected chi connectivity index (χ1v) is 11.4. The van der Waals surface area contributed by atoms with E-state index in [4.69, 9.17) is 9.84 Å². The highest BCUT2D eigenvalue weighted by molar-refractivity contribution is 6.08. The molecule has 1 amide bonds. The van der Waals surface area contributed by atoms with Crippen molar-refractivity contribution in [1.29, 1.82) is 0 Å². The van der Waals surface area contributed by atoms with Gasteiger partial charge in [0, 0.05) is 50.0 Å². The van der Waals surface area contributed by atoms with Gasteiger partial charge in [-0.25, -0.2) is 0 Å². The SMILES string of the molecule is CNCCN[C@H]1CC[C@H](n2cc3cc(C(=O)Nc4cccn(C)c4=O)c(OC)cc3n2)CC1. The molecule has 1 aliphatic rings. The van der Waals surface area contributed by atoms with Gasteiger partial charge in [0.05, 0.1) is 24.2 Å². The molecule has 1 saturated carbocycles. The van der Waals surface area contributed by atoms with Gasteiger partial charge in [0.2, 0.25) is 0 Å². The van der Waals surface area contributed by atoms with E-state index in [1.807, 2.05) is 17.9 Å². The lowest BCUT2D eigenvalue weighted by molar-refractivity contribution is 0.102. The van der Waals surface area contributed by atoms with Crippen molar-refractivity contribution >= 4 is 22.5 Å². The minimum atomic E-state index is -0.391. The predicted molar refractivity (Wildman–Crippen MR) is 129 cm³/mol. The number of benzene rings is 1. The number of anilines is 1. The van der Waals surface area contributed by atoms with Crippen LogP contribution in [0.4, 0.5) is 5.69 Å². The lowest BCUT2D eigenvalue weighted by Crippen LogP contribution is -2.37. The molecule has 33 heavy (non-hydrogen) atoms. The molecule has 0 spiro atoms. The van der Waals surface area contributed by atoms with Crippen molar-refractivity contribution < 1.29 is 9.53 Å². The van der Waals surface area contributed by atoms with Crippen LogP contribution in [0.1, 0.15) is 42.1 Å². The number of amides is 1.